The molecular formula is C11H23N3O2. The standard InChI is InChI=1S/C11H23N3O2/c1-5-8(3)14-10(15)7-13-9(4)11(16)12-6-2/h8-9,13H,5-7H2,1-4H3,(H,12,16)(H,14,15). The van der Waals surface area contributed by atoms with Gasteiger partial charge < -0.3 is 10.6 Å². The van der Waals surface area contributed by atoms with Gasteiger partial charge in [-0.3, -0.25) is 14.9 Å². The van der Waals surface area contributed by atoms with Gasteiger partial charge in [0.1, 0.15) is 0 Å². The van der Waals surface area contributed by atoms with Crippen molar-refractivity contribution >= 4 is 11.8 Å². The number of hydrogen-bond donors (Lipinski definition) is 3. The van der Waals surface area contributed by atoms with Gasteiger partial charge in [-0.1, -0.05) is 6.92 Å². The molecule has 0 radical (unpaired) electrons. The zero-order valence-electron chi connectivity index (χ0n) is 10.6. The van der Waals surface area contributed by atoms with Crippen molar-refractivity contribution in [2.45, 2.75) is 46.2 Å². The number of carbonyl (C=O) groups excluding carboxylic acids is 2. The summed E-state index contributed by atoms with van der Waals surface area (Å²) in [6.45, 7) is 8.33. The summed E-state index contributed by atoms with van der Waals surface area (Å²) < 4.78 is 0. The van der Waals surface area contributed by atoms with Crippen LogP contribution in [0.2, 0.25) is 0 Å². The molecule has 2 atom stereocenters. The first-order chi connectivity index (χ1) is 7.51. The topological polar surface area (TPSA) is 70.2 Å². The van der Waals surface area contributed by atoms with Gasteiger partial charge in [0.15, 0.2) is 0 Å². The van der Waals surface area contributed by atoms with Gasteiger partial charge in [-0.05, 0) is 27.2 Å². The Labute approximate surface area is 97.4 Å². The quantitative estimate of drug-likeness (QED) is 0.576. The van der Waals surface area contributed by atoms with Crippen molar-refractivity contribution in [1.82, 2.24) is 16.0 Å². The Balaban J connectivity index is 3.78. The van der Waals surface area contributed by atoms with Crippen LogP contribution in [0.25, 0.3) is 0 Å². The van der Waals surface area contributed by atoms with Crippen LogP contribution in [0.5, 0.6) is 0 Å². The molecule has 3 N–H and O–H groups in total. The Morgan fingerprint density at radius 3 is 2.31 bits per heavy atom. The Kier molecular flexibility index (Phi) is 7.54. The molecule has 0 aliphatic carbocycles. The highest BCUT2D eigenvalue weighted by molar-refractivity contribution is 5.83. The maximum Gasteiger partial charge on any atom is 0.236 e. The number of likely N-dealkylation sites (N-methyl/N-ethyl adjacent to an activating group) is 1. The zero-order chi connectivity index (χ0) is 12.6. The molecular weight excluding hydrogens is 206 g/mol. The van der Waals surface area contributed by atoms with E-state index in [1.807, 2.05) is 20.8 Å². The molecule has 0 aliphatic heterocycles. The van der Waals surface area contributed by atoms with Gasteiger partial charge in [0.05, 0.1) is 12.6 Å². The van der Waals surface area contributed by atoms with E-state index < -0.39 is 0 Å². The van der Waals surface area contributed by atoms with Crippen molar-refractivity contribution < 1.29 is 9.59 Å². The molecule has 5 nitrogen and oxygen atoms in total. The van der Waals surface area contributed by atoms with Crippen molar-refractivity contribution in [1.29, 1.82) is 0 Å². The number of hydrogen-bond acceptors (Lipinski definition) is 3. The molecule has 0 bridgehead atoms. The van der Waals surface area contributed by atoms with E-state index in [2.05, 4.69) is 16.0 Å². The number of amides is 2. The lowest BCUT2D eigenvalue weighted by atomic mass is 10.2. The van der Waals surface area contributed by atoms with Gasteiger partial charge in [-0.2, -0.15) is 0 Å². The molecule has 0 aliphatic rings. The molecule has 0 spiro atoms. The molecule has 0 saturated carbocycles. The van der Waals surface area contributed by atoms with Crippen LogP contribution in [0.1, 0.15) is 34.1 Å². The first-order valence-corrected chi connectivity index (χ1v) is 5.81. The summed E-state index contributed by atoms with van der Waals surface area (Å²) in [7, 11) is 0. The molecule has 0 rings (SSSR count). The molecule has 5 heteroatoms. The smallest absolute Gasteiger partial charge is 0.236 e. The fourth-order valence-corrected chi connectivity index (χ4v) is 1.09. The molecule has 0 aromatic carbocycles. The van der Waals surface area contributed by atoms with E-state index in [4.69, 9.17) is 0 Å². The highest BCUT2D eigenvalue weighted by Crippen LogP contribution is 1.87. The summed E-state index contributed by atoms with van der Waals surface area (Å²) in [5, 5.41) is 8.38. The number of rotatable bonds is 7. The first kappa shape index (κ1) is 14.9. The Morgan fingerprint density at radius 2 is 1.81 bits per heavy atom. The monoisotopic (exact) mass is 229 g/mol. The molecule has 0 aromatic heterocycles. The SMILES string of the molecule is CCNC(=O)C(C)NCC(=O)NC(C)CC. The minimum atomic E-state index is -0.345. The minimum absolute atomic E-state index is 0.0782. The molecule has 0 heterocycles. The molecule has 16 heavy (non-hydrogen) atoms. The van der Waals surface area contributed by atoms with Gasteiger partial charge in [0.2, 0.25) is 11.8 Å². The normalized spacial score (nSPS) is 14.0. The second-order valence-electron chi connectivity index (χ2n) is 3.87. The Morgan fingerprint density at radius 1 is 1.19 bits per heavy atom. The van der Waals surface area contributed by atoms with Crippen LogP contribution in [-0.2, 0) is 9.59 Å². The zero-order valence-corrected chi connectivity index (χ0v) is 10.6. The second-order valence-corrected chi connectivity index (χ2v) is 3.87. The molecule has 0 aromatic rings. The van der Waals surface area contributed by atoms with Crippen molar-refractivity contribution in [3.63, 3.8) is 0 Å². The highest BCUT2D eigenvalue weighted by atomic mass is 16.2. The first-order valence-electron chi connectivity index (χ1n) is 5.81. The van der Waals surface area contributed by atoms with Crippen LogP contribution in [-0.4, -0.2) is 37.0 Å². The summed E-state index contributed by atoms with van der Waals surface area (Å²) >= 11 is 0. The third-order valence-electron chi connectivity index (χ3n) is 2.33. The van der Waals surface area contributed by atoms with Crippen LogP contribution in [0, 0.1) is 0 Å². The van der Waals surface area contributed by atoms with Gasteiger partial charge in [0.25, 0.3) is 0 Å². The third-order valence-corrected chi connectivity index (χ3v) is 2.33. The average Bonchev–Trinajstić information content (AvgIpc) is 2.25. The van der Waals surface area contributed by atoms with E-state index in [0.717, 1.165) is 6.42 Å². The lowest BCUT2D eigenvalue weighted by molar-refractivity contribution is -0.123. The molecule has 94 valence electrons. The van der Waals surface area contributed by atoms with Crippen molar-refractivity contribution in [2.24, 2.45) is 0 Å². The van der Waals surface area contributed by atoms with Gasteiger partial charge in [0, 0.05) is 12.6 Å². The van der Waals surface area contributed by atoms with Crippen molar-refractivity contribution in [2.75, 3.05) is 13.1 Å². The fraction of sp³-hybridized carbons (Fsp3) is 0.818. The van der Waals surface area contributed by atoms with Crippen LogP contribution in [0.15, 0.2) is 0 Å². The third kappa shape index (κ3) is 6.40. The highest BCUT2D eigenvalue weighted by Gasteiger charge is 2.12. The fourth-order valence-electron chi connectivity index (χ4n) is 1.09. The van der Waals surface area contributed by atoms with Gasteiger partial charge >= 0.3 is 0 Å². The van der Waals surface area contributed by atoms with Gasteiger partial charge in [-0.25, -0.2) is 0 Å². The van der Waals surface area contributed by atoms with E-state index in [0.29, 0.717) is 6.54 Å². The largest absolute Gasteiger partial charge is 0.355 e. The summed E-state index contributed by atoms with van der Waals surface area (Å²) in [5.74, 6) is -0.163. The van der Waals surface area contributed by atoms with E-state index in [1.165, 1.54) is 0 Å². The summed E-state index contributed by atoms with van der Waals surface area (Å²) in [4.78, 5) is 22.7. The lowest BCUT2D eigenvalue weighted by Gasteiger charge is -2.15. The lowest BCUT2D eigenvalue weighted by Crippen LogP contribution is -2.47. The predicted molar refractivity (Wildman–Crippen MR) is 64.0 cm³/mol. The van der Waals surface area contributed by atoms with Crippen LogP contribution in [0.3, 0.4) is 0 Å². The van der Waals surface area contributed by atoms with E-state index in [9.17, 15) is 9.59 Å². The molecule has 2 amide bonds. The molecule has 0 saturated heterocycles. The predicted octanol–water partition coefficient (Wildman–Crippen LogP) is 0.0153. The summed E-state index contributed by atoms with van der Waals surface area (Å²) in [5.41, 5.74) is 0. The summed E-state index contributed by atoms with van der Waals surface area (Å²) in [6, 6.07) is -0.170. The van der Waals surface area contributed by atoms with Crippen molar-refractivity contribution in [3.8, 4) is 0 Å². The van der Waals surface area contributed by atoms with Crippen LogP contribution in [0.4, 0.5) is 0 Å². The Bertz CT molecular complexity index is 231. The average molecular weight is 229 g/mol. The van der Waals surface area contributed by atoms with E-state index >= 15 is 0 Å². The Hall–Kier alpha value is -1.10. The molecule has 2 unspecified atom stereocenters. The maximum absolute atomic E-state index is 11.4. The minimum Gasteiger partial charge on any atom is -0.355 e. The van der Waals surface area contributed by atoms with Crippen LogP contribution < -0.4 is 16.0 Å². The van der Waals surface area contributed by atoms with E-state index in [-0.39, 0.29) is 30.4 Å². The van der Waals surface area contributed by atoms with E-state index in [1.54, 1.807) is 6.92 Å². The number of carbonyl (C=O) groups is 2. The maximum atomic E-state index is 11.4. The number of nitrogens with one attached hydrogen (secondary N) is 3. The van der Waals surface area contributed by atoms with Crippen molar-refractivity contribution in [3.05, 3.63) is 0 Å². The summed E-state index contributed by atoms with van der Waals surface area (Å²) in [6.07, 6.45) is 0.900. The molecule has 0 fully saturated rings. The second kappa shape index (κ2) is 8.10. The van der Waals surface area contributed by atoms with Gasteiger partial charge in [-0.15, -0.1) is 0 Å². The van der Waals surface area contributed by atoms with Crippen LogP contribution >= 0.6 is 0 Å².